The van der Waals surface area contributed by atoms with Crippen LogP contribution < -0.4 is 16.0 Å². The Labute approximate surface area is 99.3 Å². The zero-order valence-electron chi connectivity index (χ0n) is 9.82. The molecule has 0 aliphatic rings. The fourth-order valence-corrected chi connectivity index (χ4v) is 1.07. The standard InChI is InChI=1S/C10H17N3O4/c1-4-5-7(9(15)16)13-10(17)12-6(2)8(14)11-3/h4,6-7H,1,5H2,2-3H3,(H,11,14)(H,15,16)(H2,12,13,17). The topological polar surface area (TPSA) is 108 Å². The molecular weight excluding hydrogens is 226 g/mol. The van der Waals surface area contributed by atoms with E-state index in [9.17, 15) is 14.4 Å². The van der Waals surface area contributed by atoms with Gasteiger partial charge in [0.15, 0.2) is 0 Å². The second kappa shape index (κ2) is 7.26. The second-order valence-electron chi connectivity index (χ2n) is 3.37. The summed E-state index contributed by atoms with van der Waals surface area (Å²) in [6.45, 7) is 4.88. The minimum absolute atomic E-state index is 0.108. The maximum Gasteiger partial charge on any atom is 0.326 e. The smallest absolute Gasteiger partial charge is 0.326 e. The molecule has 17 heavy (non-hydrogen) atoms. The third-order valence-electron chi connectivity index (χ3n) is 1.99. The number of carbonyl (C=O) groups is 3. The molecule has 0 radical (unpaired) electrons. The lowest BCUT2D eigenvalue weighted by atomic mass is 10.2. The molecule has 96 valence electrons. The van der Waals surface area contributed by atoms with E-state index in [1.165, 1.54) is 20.0 Å². The largest absolute Gasteiger partial charge is 0.480 e. The molecule has 2 atom stereocenters. The Morgan fingerprint density at radius 3 is 2.35 bits per heavy atom. The number of nitrogens with one attached hydrogen (secondary N) is 3. The third kappa shape index (κ3) is 5.55. The molecule has 7 nitrogen and oxygen atoms in total. The molecule has 0 aliphatic heterocycles. The van der Waals surface area contributed by atoms with E-state index >= 15 is 0 Å². The van der Waals surface area contributed by atoms with Crippen LogP contribution in [0.2, 0.25) is 0 Å². The summed E-state index contributed by atoms with van der Waals surface area (Å²) in [6, 6.07) is -2.50. The number of rotatable bonds is 6. The zero-order chi connectivity index (χ0) is 13.4. The minimum Gasteiger partial charge on any atom is -0.480 e. The zero-order valence-corrected chi connectivity index (χ0v) is 9.82. The van der Waals surface area contributed by atoms with Crippen LogP contribution in [0.1, 0.15) is 13.3 Å². The summed E-state index contributed by atoms with van der Waals surface area (Å²) >= 11 is 0. The number of likely N-dealkylation sites (N-methyl/N-ethyl adjacent to an activating group) is 1. The summed E-state index contributed by atoms with van der Waals surface area (Å²) in [4.78, 5) is 33.2. The Kier molecular flexibility index (Phi) is 6.39. The van der Waals surface area contributed by atoms with Crippen LogP contribution in [0.3, 0.4) is 0 Å². The van der Waals surface area contributed by atoms with E-state index in [-0.39, 0.29) is 12.3 Å². The number of urea groups is 1. The van der Waals surface area contributed by atoms with Crippen molar-refractivity contribution >= 4 is 17.9 Å². The van der Waals surface area contributed by atoms with Gasteiger partial charge in [0.25, 0.3) is 0 Å². The van der Waals surface area contributed by atoms with Crippen molar-refractivity contribution in [2.45, 2.75) is 25.4 Å². The van der Waals surface area contributed by atoms with E-state index in [1.807, 2.05) is 0 Å². The number of hydrogen-bond acceptors (Lipinski definition) is 3. The van der Waals surface area contributed by atoms with Crippen molar-refractivity contribution in [3.63, 3.8) is 0 Å². The van der Waals surface area contributed by atoms with Crippen LogP contribution in [-0.4, -0.2) is 42.1 Å². The first-order valence-corrected chi connectivity index (χ1v) is 5.04. The predicted octanol–water partition coefficient (Wildman–Crippen LogP) is -0.551. The van der Waals surface area contributed by atoms with Gasteiger partial charge < -0.3 is 21.1 Å². The van der Waals surface area contributed by atoms with Gasteiger partial charge >= 0.3 is 12.0 Å². The number of carbonyl (C=O) groups excluding carboxylic acids is 2. The molecule has 0 saturated carbocycles. The second-order valence-corrected chi connectivity index (χ2v) is 3.37. The van der Waals surface area contributed by atoms with Crippen LogP contribution in [0.4, 0.5) is 4.79 Å². The van der Waals surface area contributed by atoms with E-state index in [1.54, 1.807) is 0 Å². The summed E-state index contributed by atoms with van der Waals surface area (Å²) in [7, 11) is 1.44. The van der Waals surface area contributed by atoms with Crippen LogP contribution in [0.5, 0.6) is 0 Å². The molecule has 0 spiro atoms. The first kappa shape index (κ1) is 14.9. The van der Waals surface area contributed by atoms with E-state index in [0.29, 0.717) is 0 Å². The lowest BCUT2D eigenvalue weighted by Crippen LogP contribution is -2.51. The molecule has 0 aromatic heterocycles. The van der Waals surface area contributed by atoms with Crippen molar-refractivity contribution in [2.75, 3.05) is 7.05 Å². The van der Waals surface area contributed by atoms with Gasteiger partial charge in [-0.25, -0.2) is 9.59 Å². The Bertz CT molecular complexity index is 317. The Morgan fingerprint density at radius 2 is 1.94 bits per heavy atom. The van der Waals surface area contributed by atoms with Gasteiger partial charge in [-0.05, 0) is 13.3 Å². The van der Waals surface area contributed by atoms with Crippen molar-refractivity contribution in [1.82, 2.24) is 16.0 Å². The van der Waals surface area contributed by atoms with Crippen molar-refractivity contribution in [3.8, 4) is 0 Å². The number of carboxylic acid groups (broad SMARTS) is 1. The van der Waals surface area contributed by atoms with E-state index in [2.05, 4.69) is 22.5 Å². The SMILES string of the molecule is C=CCC(NC(=O)NC(C)C(=O)NC)C(=O)O. The molecule has 0 heterocycles. The summed E-state index contributed by atoms with van der Waals surface area (Å²) in [5.41, 5.74) is 0. The molecule has 0 aromatic carbocycles. The molecule has 4 N–H and O–H groups in total. The van der Waals surface area contributed by atoms with Crippen LogP contribution in [0.25, 0.3) is 0 Å². The maximum atomic E-state index is 11.4. The van der Waals surface area contributed by atoms with Gasteiger partial charge in [0, 0.05) is 7.05 Å². The summed E-state index contributed by atoms with van der Waals surface area (Å²) < 4.78 is 0. The Morgan fingerprint density at radius 1 is 1.35 bits per heavy atom. The molecule has 3 amide bonds. The molecule has 0 bridgehead atoms. The van der Waals surface area contributed by atoms with Gasteiger partial charge in [-0.15, -0.1) is 6.58 Å². The van der Waals surface area contributed by atoms with Crippen molar-refractivity contribution in [3.05, 3.63) is 12.7 Å². The molecule has 2 unspecified atom stereocenters. The van der Waals surface area contributed by atoms with Crippen molar-refractivity contribution < 1.29 is 19.5 Å². The Hall–Kier alpha value is -2.05. The normalized spacial score (nSPS) is 13.1. The molecule has 7 heteroatoms. The van der Waals surface area contributed by atoms with E-state index < -0.39 is 24.1 Å². The molecule has 0 aromatic rings. The van der Waals surface area contributed by atoms with Crippen LogP contribution in [0.15, 0.2) is 12.7 Å². The average Bonchev–Trinajstić information content (AvgIpc) is 2.26. The highest BCUT2D eigenvalue weighted by Gasteiger charge is 2.20. The number of aliphatic carboxylic acids is 1. The lowest BCUT2D eigenvalue weighted by Gasteiger charge is -2.16. The first-order valence-electron chi connectivity index (χ1n) is 5.04. The van der Waals surface area contributed by atoms with Crippen LogP contribution in [-0.2, 0) is 9.59 Å². The summed E-state index contributed by atoms with van der Waals surface area (Å²) in [5.74, 6) is -1.52. The molecule has 0 saturated heterocycles. The van der Waals surface area contributed by atoms with Crippen molar-refractivity contribution in [2.24, 2.45) is 0 Å². The number of hydrogen-bond donors (Lipinski definition) is 4. The monoisotopic (exact) mass is 243 g/mol. The maximum absolute atomic E-state index is 11.4. The highest BCUT2D eigenvalue weighted by atomic mass is 16.4. The van der Waals surface area contributed by atoms with Gasteiger partial charge in [0.1, 0.15) is 12.1 Å². The third-order valence-corrected chi connectivity index (χ3v) is 1.99. The van der Waals surface area contributed by atoms with Crippen LogP contribution >= 0.6 is 0 Å². The van der Waals surface area contributed by atoms with Gasteiger partial charge in [0.2, 0.25) is 5.91 Å². The summed E-state index contributed by atoms with van der Waals surface area (Å²) in [6.07, 6.45) is 1.50. The van der Waals surface area contributed by atoms with Crippen LogP contribution in [0, 0.1) is 0 Å². The van der Waals surface area contributed by atoms with Gasteiger partial charge in [-0.3, -0.25) is 4.79 Å². The Balaban J connectivity index is 4.28. The van der Waals surface area contributed by atoms with Gasteiger partial charge in [-0.2, -0.15) is 0 Å². The molecule has 0 fully saturated rings. The molecular formula is C10H17N3O4. The first-order chi connectivity index (χ1) is 7.92. The van der Waals surface area contributed by atoms with Crippen molar-refractivity contribution in [1.29, 1.82) is 0 Å². The van der Waals surface area contributed by atoms with E-state index in [4.69, 9.17) is 5.11 Å². The molecule has 0 rings (SSSR count). The number of carboxylic acids is 1. The predicted molar refractivity (Wildman–Crippen MR) is 61.4 cm³/mol. The lowest BCUT2D eigenvalue weighted by molar-refractivity contribution is -0.139. The fourth-order valence-electron chi connectivity index (χ4n) is 1.07. The highest BCUT2D eigenvalue weighted by Crippen LogP contribution is 1.93. The van der Waals surface area contributed by atoms with Gasteiger partial charge in [0.05, 0.1) is 0 Å². The number of amides is 3. The summed E-state index contributed by atoms with van der Waals surface area (Å²) in [5, 5.41) is 15.7. The highest BCUT2D eigenvalue weighted by molar-refractivity contribution is 5.88. The van der Waals surface area contributed by atoms with E-state index in [0.717, 1.165) is 0 Å². The molecule has 0 aliphatic carbocycles. The minimum atomic E-state index is -1.16. The quantitative estimate of drug-likeness (QED) is 0.469. The van der Waals surface area contributed by atoms with Gasteiger partial charge in [-0.1, -0.05) is 6.08 Å². The fraction of sp³-hybridized carbons (Fsp3) is 0.500. The average molecular weight is 243 g/mol.